The van der Waals surface area contributed by atoms with E-state index in [9.17, 15) is 4.79 Å². The Morgan fingerprint density at radius 2 is 1.90 bits per heavy atom. The molecule has 2 aromatic rings. The van der Waals surface area contributed by atoms with Crippen molar-refractivity contribution in [3.63, 3.8) is 0 Å². The number of carbonyl (C=O) groups excluding carboxylic acids is 1. The van der Waals surface area contributed by atoms with Crippen molar-refractivity contribution < 1.29 is 4.79 Å². The van der Waals surface area contributed by atoms with Crippen molar-refractivity contribution in [3.8, 4) is 0 Å². The average molecular weight is 306 g/mol. The number of anilines is 2. The Kier molecular flexibility index (Phi) is 4.70. The van der Waals surface area contributed by atoms with Gasteiger partial charge in [0.15, 0.2) is 0 Å². The van der Waals surface area contributed by atoms with Gasteiger partial charge in [0, 0.05) is 16.3 Å². The molecule has 0 aliphatic carbocycles. The molecule has 21 heavy (non-hydrogen) atoms. The van der Waals surface area contributed by atoms with Gasteiger partial charge < -0.3 is 5.73 Å². The maximum atomic E-state index is 12.1. The summed E-state index contributed by atoms with van der Waals surface area (Å²) in [5, 5.41) is 11.0. The van der Waals surface area contributed by atoms with Crippen LogP contribution in [-0.4, -0.2) is 21.1 Å². The molecule has 0 aliphatic rings. The number of nitrogen functional groups attached to an aromatic ring is 1. The second-order valence-electron chi connectivity index (χ2n) is 4.46. The molecule has 0 spiro atoms. The Balaban J connectivity index is 2.23. The van der Waals surface area contributed by atoms with Crippen LogP contribution in [-0.2, 0) is 12.8 Å². The first-order chi connectivity index (χ1) is 10.0. The molecule has 1 aromatic heterocycles. The number of nitrogens with zero attached hydrogens (tertiary/aromatic N) is 3. The number of nitrogens with one attached hydrogen (secondary N) is 1. The fourth-order valence-electron chi connectivity index (χ4n) is 1.91. The van der Waals surface area contributed by atoms with Crippen LogP contribution in [0.5, 0.6) is 0 Å². The van der Waals surface area contributed by atoms with Crippen molar-refractivity contribution in [2.75, 3.05) is 11.1 Å². The van der Waals surface area contributed by atoms with Gasteiger partial charge in [-0.05, 0) is 31.0 Å². The van der Waals surface area contributed by atoms with Crippen LogP contribution in [0.2, 0.25) is 5.02 Å². The molecular weight excluding hydrogens is 290 g/mol. The fraction of sp³-hybridized carbons (Fsp3) is 0.286. The van der Waals surface area contributed by atoms with E-state index in [1.54, 1.807) is 6.07 Å². The summed E-state index contributed by atoms with van der Waals surface area (Å²) in [5.74, 6) is -0.204. The van der Waals surface area contributed by atoms with Crippen molar-refractivity contribution >= 4 is 29.1 Å². The van der Waals surface area contributed by atoms with Gasteiger partial charge in [-0.1, -0.05) is 25.4 Å². The topological polar surface area (TPSA) is 93.8 Å². The summed E-state index contributed by atoms with van der Waals surface area (Å²) in [6.45, 7) is 3.96. The summed E-state index contributed by atoms with van der Waals surface area (Å²) in [4.78, 5) is 16.4. The minimum Gasteiger partial charge on any atom is -0.399 e. The van der Waals surface area contributed by atoms with E-state index < -0.39 is 0 Å². The predicted octanol–water partition coefficient (Wildman–Crippen LogP) is 2.48. The number of nitrogens with two attached hydrogens (primary N) is 1. The van der Waals surface area contributed by atoms with Gasteiger partial charge in [-0.2, -0.15) is 0 Å². The van der Waals surface area contributed by atoms with Crippen molar-refractivity contribution in [2.45, 2.75) is 26.7 Å². The number of rotatable bonds is 4. The summed E-state index contributed by atoms with van der Waals surface area (Å²) in [6, 6.07) is 4.64. The number of benzene rings is 1. The SMILES string of the molecule is CCc1nnc(NC(=O)c2cc(N)cc(Cl)c2)nc1CC. The summed E-state index contributed by atoms with van der Waals surface area (Å²) >= 11 is 5.88. The Bertz CT molecular complexity index is 654. The zero-order valence-corrected chi connectivity index (χ0v) is 12.6. The third-order valence-electron chi connectivity index (χ3n) is 2.92. The summed E-state index contributed by atoms with van der Waals surface area (Å²) in [6.07, 6.45) is 1.48. The second kappa shape index (κ2) is 6.49. The van der Waals surface area contributed by atoms with Crippen LogP contribution in [0.15, 0.2) is 18.2 Å². The minimum atomic E-state index is -0.377. The number of carbonyl (C=O) groups is 1. The van der Waals surface area contributed by atoms with Gasteiger partial charge >= 0.3 is 0 Å². The molecule has 0 aliphatic heterocycles. The zero-order valence-electron chi connectivity index (χ0n) is 11.9. The van der Waals surface area contributed by atoms with Gasteiger partial charge in [0.05, 0.1) is 11.4 Å². The number of aromatic nitrogens is 3. The van der Waals surface area contributed by atoms with Gasteiger partial charge in [0.2, 0.25) is 5.95 Å². The monoisotopic (exact) mass is 305 g/mol. The molecule has 3 N–H and O–H groups in total. The van der Waals surface area contributed by atoms with E-state index in [4.69, 9.17) is 17.3 Å². The molecule has 0 fully saturated rings. The fourth-order valence-corrected chi connectivity index (χ4v) is 2.15. The Labute approximate surface area is 127 Å². The van der Waals surface area contributed by atoms with E-state index in [-0.39, 0.29) is 11.9 Å². The Morgan fingerprint density at radius 3 is 2.52 bits per heavy atom. The maximum absolute atomic E-state index is 12.1. The van der Waals surface area contributed by atoms with E-state index in [1.165, 1.54) is 12.1 Å². The molecule has 2 rings (SSSR count). The van der Waals surface area contributed by atoms with Gasteiger partial charge in [0.1, 0.15) is 0 Å². The molecule has 1 amide bonds. The van der Waals surface area contributed by atoms with Crippen LogP contribution >= 0.6 is 11.6 Å². The third kappa shape index (κ3) is 3.66. The Hall–Kier alpha value is -2.21. The summed E-state index contributed by atoms with van der Waals surface area (Å²) < 4.78 is 0. The summed E-state index contributed by atoms with van der Waals surface area (Å²) in [5.41, 5.74) is 8.10. The number of hydrogen-bond donors (Lipinski definition) is 2. The molecular formula is C14H16ClN5O. The molecule has 0 unspecified atom stereocenters. The molecule has 6 nitrogen and oxygen atoms in total. The molecule has 1 aromatic carbocycles. The van der Waals surface area contributed by atoms with Crippen LogP contribution in [0.25, 0.3) is 0 Å². The molecule has 0 saturated heterocycles. The van der Waals surface area contributed by atoms with Gasteiger partial charge in [-0.3, -0.25) is 10.1 Å². The first kappa shape index (κ1) is 15.2. The van der Waals surface area contributed by atoms with Crippen LogP contribution < -0.4 is 11.1 Å². The van der Waals surface area contributed by atoms with Crippen LogP contribution in [0.4, 0.5) is 11.6 Å². The van der Waals surface area contributed by atoms with Gasteiger partial charge in [-0.15, -0.1) is 10.2 Å². The van der Waals surface area contributed by atoms with E-state index >= 15 is 0 Å². The highest BCUT2D eigenvalue weighted by atomic mass is 35.5. The molecule has 0 saturated carbocycles. The molecule has 7 heteroatoms. The normalized spacial score (nSPS) is 10.4. The number of amides is 1. The predicted molar refractivity (Wildman–Crippen MR) is 82.4 cm³/mol. The van der Waals surface area contributed by atoms with Crippen molar-refractivity contribution in [2.24, 2.45) is 0 Å². The van der Waals surface area contributed by atoms with Crippen molar-refractivity contribution in [1.29, 1.82) is 0 Å². The largest absolute Gasteiger partial charge is 0.399 e. The van der Waals surface area contributed by atoms with E-state index in [1.807, 2.05) is 13.8 Å². The zero-order chi connectivity index (χ0) is 15.4. The van der Waals surface area contributed by atoms with Gasteiger partial charge in [-0.25, -0.2) is 4.98 Å². The van der Waals surface area contributed by atoms with E-state index in [0.29, 0.717) is 16.3 Å². The lowest BCUT2D eigenvalue weighted by Crippen LogP contribution is -2.16. The summed E-state index contributed by atoms with van der Waals surface area (Å²) in [7, 11) is 0. The quantitative estimate of drug-likeness (QED) is 0.846. The van der Waals surface area contributed by atoms with E-state index in [0.717, 1.165) is 24.2 Å². The van der Waals surface area contributed by atoms with Gasteiger partial charge in [0.25, 0.3) is 5.91 Å². The van der Waals surface area contributed by atoms with Crippen LogP contribution in [0.1, 0.15) is 35.6 Å². The van der Waals surface area contributed by atoms with E-state index in [2.05, 4.69) is 20.5 Å². The highest BCUT2D eigenvalue weighted by Crippen LogP contribution is 2.17. The highest BCUT2D eigenvalue weighted by molar-refractivity contribution is 6.31. The highest BCUT2D eigenvalue weighted by Gasteiger charge is 2.12. The van der Waals surface area contributed by atoms with Crippen LogP contribution in [0, 0.1) is 0 Å². The molecule has 1 heterocycles. The molecule has 110 valence electrons. The third-order valence-corrected chi connectivity index (χ3v) is 3.14. The number of aryl methyl sites for hydroxylation is 2. The number of halogens is 1. The van der Waals surface area contributed by atoms with Crippen LogP contribution in [0.3, 0.4) is 0 Å². The smallest absolute Gasteiger partial charge is 0.258 e. The maximum Gasteiger partial charge on any atom is 0.258 e. The standard InChI is InChI=1S/C14H16ClN5O/c1-3-11-12(4-2)19-20-14(17-11)18-13(21)8-5-9(15)7-10(16)6-8/h5-7H,3-4,16H2,1-2H3,(H,17,18,20,21). The average Bonchev–Trinajstić information content (AvgIpc) is 2.46. The lowest BCUT2D eigenvalue weighted by atomic mass is 10.2. The minimum absolute atomic E-state index is 0.174. The number of hydrogen-bond acceptors (Lipinski definition) is 5. The van der Waals surface area contributed by atoms with Crippen molar-refractivity contribution in [1.82, 2.24) is 15.2 Å². The second-order valence-corrected chi connectivity index (χ2v) is 4.90. The Morgan fingerprint density at radius 1 is 1.19 bits per heavy atom. The lowest BCUT2D eigenvalue weighted by molar-refractivity contribution is 0.102. The molecule has 0 bridgehead atoms. The van der Waals surface area contributed by atoms with Crippen molar-refractivity contribution in [3.05, 3.63) is 40.2 Å². The first-order valence-corrected chi connectivity index (χ1v) is 7.01. The lowest BCUT2D eigenvalue weighted by Gasteiger charge is -2.07. The first-order valence-electron chi connectivity index (χ1n) is 6.63. The molecule has 0 radical (unpaired) electrons. The molecule has 0 atom stereocenters.